The number of likely N-dealkylation sites (tertiary alicyclic amines) is 2. The van der Waals surface area contributed by atoms with Crippen LogP contribution in [0.4, 0.5) is 9.59 Å². The number of aliphatic hydroxyl groups excluding tert-OH is 4. The van der Waals surface area contributed by atoms with Crippen LogP contribution >= 0.6 is 0 Å². The molecule has 0 aromatic carbocycles. The molecule has 0 aromatic heterocycles. The molecule has 40 heavy (non-hydrogen) atoms. The number of amides is 2. The van der Waals surface area contributed by atoms with E-state index < -0.39 is 72.5 Å². The highest BCUT2D eigenvalue weighted by Gasteiger charge is 2.48. The van der Waals surface area contributed by atoms with Gasteiger partial charge in [0.05, 0.1) is 12.2 Å². The SMILES string of the molecule is C/C=C/[C@H]1CN(C(=O)OC(C)(C)C)[C@H](C(=O)CO)[C@@H]1O.C=CC[C@H]1CN(C(=O)OC(C)(C)C)[C@H](C(=O)CO)[C@@H]1O. The van der Waals surface area contributed by atoms with Crippen molar-refractivity contribution in [1.82, 2.24) is 9.80 Å². The lowest BCUT2D eigenvalue weighted by atomic mass is 9.96. The van der Waals surface area contributed by atoms with Crippen LogP contribution in [-0.2, 0) is 19.1 Å². The van der Waals surface area contributed by atoms with E-state index in [0.717, 1.165) is 0 Å². The molecule has 12 nitrogen and oxygen atoms in total. The van der Waals surface area contributed by atoms with Gasteiger partial charge in [0.15, 0.2) is 11.6 Å². The molecule has 0 saturated carbocycles. The molecule has 0 unspecified atom stereocenters. The molecule has 2 aliphatic rings. The summed E-state index contributed by atoms with van der Waals surface area (Å²) in [6.45, 7) is 14.7. The van der Waals surface area contributed by atoms with Crippen molar-refractivity contribution in [3.05, 3.63) is 24.8 Å². The minimum atomic E-state index is -1.06. The zero-order chi connectivity index (χ0) is 31.0. The van der Waals surface area contributed by atoms with Crippen LogP contribution in [-0.4, -0.2) is 116 Å². The Hall–Kier alpha value is -2.80. The summed E-state index contributed by atoms with van der Waals surface area (Å²) in [5.41, 5.74) is -1.38. The van der Waals surface area contributed by atoms with Gasteiger partial charge in [-0.15, -0.1) is 6.58 Å². The Kier molecular flexibility index (Phi) is 13.0. The molecule has 2 rings (SSSR count). The summed E-state index contributed by atoms with van der Waals surface area (Å²) in [5, 5.41) is 38.3. The van der Waals surface area contributed by atoms with Crippen molar-refractivity contribution in [3.8, 4) is 0 Å². The number of Topliss-reactive ketones (excluding diaryl/α,β-unsaturated/α-hetero) is 2. The average Bonchev–Trinajstić information content (AvgIpc) is 3.34. The molecule has 0 bridgehead atoms. The average molecular weight is 571 g/mol. The third-order valence-electron chi connectivity index (χ3n) is 6.22. The summed E-state index contributed by atoms with van der Waals surface area (Å²) in [6.07, 6.45) is 2.26. The van der Waals surface area contributed by atoms with Crippen LogP contribution < -0.4 is 0 Å². The Labute approximate surface area is 236 Å². The molecule has 2 amide bonds. The molecule has 2 fully saturated rings. The molecule has 0 aliphatic carbocycles. The fraction of sp³-hybridized carbons (Fsp3) is 0.714. The zero-order valence-corrected chi connectivity index (χ0v) is 24.6. The number of ketones is 2. The van der Waals surface area contributed by atoms with Gasteiger partial charge in [-0.2, -0.15) is 0 Å². The zero-order valence-electron chi connectivity index (χ0n) is 24.6. The van der Waals surface area contributed by atoms with Gasteiger partial charge >= 0.3 is 12.2 Å². The second-order valence-corrected chi connectivity index (χ2v) is 11.9. The Balaban J connectivity index is 0.000000400. The summed E-state index contributed by atoms with van der Waals surface area (Å²) >= 11 is 0. The van der Waals surface area contributed by atoms with Gasteiger partial charge in [0.25, 0.3) is 0 Å². The summed E-state index contributed by atoms with van der Waals surface area (Å²) in [7, 11) is 0. The first-order valence-corrected chi connectivity index (χ1v) is 13.3. The lowest BCUT2D eigenvalue weighted by molar-refractivity contribution is -0.129. The number of nitrogens with zero attached hydrogens (tertiary/aromatic N) is 2. The summed E-state index contributed by atoms with van der Waals surface area (Å²) in [6, 6.07) is -2.11. The van der Waals surface area contributed by atoms with E-state index in [0.29, 0.717) is 6.42 Å². The van der Waals surface area contributed by atoms with Gasteiger partial charge in [-0.3, -0.25) is 19.4 Å². The van der Waals surface area contributed by atoms with E-state index >= 15 is 0 Å². The first-order valence-electron chi connectivity index (χ1n) is 13.3. The second kappa shape index (κ2) is 14.7. The largest absolute Gasteiger partial charge is 0.444 e. The maximum Gasteiger partial charge on any atom is 0.411 e. The summed E-state index contributed by atoms with van der Waals surface area (Å²) in [4.78, 5) is 50.2. The number of rotatable bonds is 7. The number of carbonyl (C=O) groups excluding carboxylic acids is 4. The van der Waals surface area contributed by atoms with Crippen molar-refractivity contribution in [3.63, 3.8) is 0 Å². The lowest BCUT2D eigenvalue weighted by Gasteiger charge is -2.28. The third-order valence-corrected chi connectivity index (χ3v) is 6.22. The molecule has 2 aliphatic heterocycles. The normalized spacial score (nSPS) is 26.8. The van der Waals surface area contributed by atoms with Crippen LogP contribution in [0.25, 0.3) is 0 Å². The van der Waals surface area contributed by atoms with E-state index in [-0.39, 0.29) is 24.9 Å². The number of hydrogen-bond donors (Lipinski definition) is 4. The molecule has 12 heteroatoms. The Morgan fingerprint density at radius 3 is 1.62 bits per heavy atom. The van der Waals surface area contributed by atoms with Crippen molar-refractivity contribution < 1.29 is 49.1 Å². The van der Waals surface area contributed by atoms with Gasteiger partial charge in [0.2, 0.25) is 0 Å². The quantitative estimate of drug-likeness (QED) is 0.328. The predicted octanol–water partition coefficient (Wildman–Crippen LogP) is 1.44. The first-order chi connectivity index (χ1) is 18.4. The molecule has 0 radical (unpaired) electrons. The second-order valence-electron chi connectivity index (χ2n) is 11.9. The highest BCUT2D eigenvalue weighted by atomic mass is 16.6. The van der Waals surface area contributed by atoms with E-state index in [1.165, 1.54) is 9.80 Å². The van der Waals surface area contributed by atoms with Crippen LogP contribution in [0, 0.1) is 11.8 Å². The van der Waals surface area contributed by atoms with Crippen molar-refractivity contribution in [2.45, 2.75) is 90.4 Å². The van der Waals surface area contributed by atoms with E-state index in [4.69, 9.17) is 19.7 Å². The monoisotopic (exact) mass is 570 g/mol. The van der Waals surface area contributed by atoms with Gasteiger partial charge < -0.3 is 29.9 Å². The molecular weight excluding hydrogens is 524 g/mol. The maximum atomic E-state index is 12.1. The van der Waals surface area contributed by atoms with Gasteiger partial charge in [-0.05, 0) is 54.9 Å². The van der Waals surface area contributed by atoms with E-state index in [1.54, 1.807) is 66.7 Å². The molecule has 0 aromatic rings. The Bertz CT molecular complexity index is 936. The minimum absolute atomic E-state index is 0.191. The number of ether oxygens (including phenoxy) is 2. The molecular formula is C28H46N2O10. The van der Waals surface area contributed by atoms with Gasteiger partial charge in [-0.1, -0.05) is 18.2 Å². The van der Waals surface area contributed by atoms with E-state index in [9.17, 15) is 29.4 Å². The van der Waals surface area contributed by atoms with Crippen molar-refractivity contribution in [2.24, 2.45) is 11.8 Å². The molecule has 2 saturated heterocycles. The number of aliphatic hydroxyl groups is 4. The van der Waals surface area contributed by atoms with Gasteiger partial charge in [-0.25, -0.2) is 9.59 Å². The van der Waals surface area contributed by atoms with E-state index in [2.05, 4.69) is 6.58 Å². The lowest BCUT2D eigenvalue weighted by Crippen LogP contribution is -2.48. The molecule has 6 atom stereocenters. The fourth-order valence-electron chi connectivity index (χ4n) is 4.57. The van der Waals surface area contributed by atoms with Crippen LogP contribution in [0.3, 0.4) is 0 Å². The topological polar surface area (TPSA) is 174 Å². The van der Waals surface area contributed by atoms with Crippen LogP contribution in [0.15, 0.2) is 24.8 Å². The predicted molar refractivity (Wildman–Crippen MR) is 146 cm³/mol. The van der Waals surface area contributed by atoms with Crippen LogP contribution in [0.1, 0.15) is 54.9 Å². The summed E-state index contributed by atoms with van der Waals surface area (Å²) < 4.78 is 10.5. The van der Waals surface area contributed by atoms with E-state index in [1.807, 2.05) is 0 Å². The van der Waals surface area contributed by atoms with Crippen LogP contribution in [0.5, 0.6) is 0 Å². The molecule has 2 heterocycles. The number of hydrogen-bond acceptors (Lipinski definition) is 10. The van der Waals surface area contributed by atoms with Crippen molar-refractivity contribution in [1.29, 1.82) is 0 Å². The van der Waals surface area contributed by atoms with Gasteiger partial charge in [0, 0.05) is 24.9 Å². The highest BCUT2D eigenvalue weighted by molar-refractivity contribution is 5.90. The highest BCUT2D eigenvalue weighted by Crippen LogP contribution is 2.29. The van der Waals surface area contributed by atoms with Crippen LogP contribution in [0.2, 0.25) is 0 Å². The third kappa shape index (κ3) is 9.69. The number of carbonyl (C=O) groups is 4. The van der Waals surface area contributed by atoms with Gasteiger partial charge in [0.1, 0.15) is 36.5 Å². The molecule has 0 spiro atoms. The number of allylic oxidation sites excluding steroid dienone is 2. The fourth-order valence-corrected chi connectivity index (χ4v) is 4.57. The standard InChI is InChI=1S/2C14H23NO5/c2*1-5-6-9-7-15(13(19)20-14(2,3)4)11(12(9)18)10(17)8-16/h5-6,9,11-12,16,18H,7-8H2,1-4H3;5,9,11-12,16,18H,1,6-8H2,2-4H3/b6-5+;/t2*9-,11+,12+/m00/s1. The minimum Gasteiger partial charge on any atom is -0.444 e. The Morgan fingerprint density at radius 1 is 0.825 bits per heavy atom. The van der Waals surface area contributed by atoms with Crippen molar-refractivity contribution in [2.75, 3.05) is 26.3 Å². The first kappa shape index (κ1) is 35.2. The summed E-state index contributed by atoms with van der Waals surface area (Å²) in [5.74, 6) is -1.79. The van der Waals surface area contributed by atoms with Crippen molar-refractivity contribution >= 4 is 23.8 Å². The molecule has 228 valence electrons. The molecule has 4 N–H and O–H groups in total. The Morgan fingerprint density at radius 2 is 1.25 bits per heavy atom. The maximum absolute atomic E-state index is 12.1. The smallest absolute Gasteiger partial charge is 0.411 e.